The highest BCUT2D eigenvalue weighted by atomic mass is 19.4. The molecule has 0 aromatic heterocycles. The second-order valence-electron chi connectivity index (χ2n) is 3.90. The van der Waals surface area contributed by atoms with Crippen LogP contribution < -0.4 is 0 Å². The molecule has 0 nitrogen and oxygen atoms in total. The lowest BCUT2D eigenvalue weighted by Crippen LogP contribution is -2.53. The normalized spacial score (nSPS) is 24.2. The maximum absolute atomic E-state index is 13.4. The minimum Gasteiger partial charge on any atom is -0.227 e. The molecule has 0 heterocycles. The summed E-state index contributed by atoms with van der Waals surface area (Å²) in [4.78, 5) is 0. The Balaban J connectivity index is 2.89. The van der Waals surface area contributed by atoms with Crippen molar-refractivity contribution in [3.05, 3.63) is 0 Å². The lowest BCUT2D eigenvalue weighted by molar-refractivity contribution is -0.289. The van der Waals surface area contributed by atoms with E-state index in [1.807, 2.05) is 0 Å². The van der Waals surface area contributed by atoms with Crippen molar-refractivity contribution in [3.8, 4) is 0 Å². The summed E-state index contributed by atoms with van der Waals surface area (Å²) < 4.78 is 74.8. The van der Waals surface area contributed by atoms with Crippen LogP contribution in [-0.2, 0) is 0 Å². The van der Waals surface area contributed by atoms with Gasteiger partial charge in [0.25, 0.3) is 12.1 Å². The Morgan fingerprint density at radius 3 is 1.67 bits per heavy atom. The smallest absolute Gasteiger partial charge is 0.227 e. The Bertz CT molecular complexity index is 205. The fraction of sp³-hybridized carbons (Fsp3) is 1.00. The predicted octanol–water partition coefficient (Wildman–Crippen LogP) is 4.10. The van der Waals surface area contributed by atoms with E-state index >= 15 is 0 Å². The molecule has 0 aliphatic heterocycles. The van der Waals surface area contributed by atoms with Gasteiger partial charge < -0.3 is 0 Å². The average molecular weight is 234 g/mol. The molecule has 1 atom stereocenters. The number of hydrogen-bond donors (Lipinski definition) is 0. The first-order valence-electron chi connectivity index (χ1n) is 4.84. The average Bonchev–Trinajstić information content (AvgIpc) is 2.16. The molecule has 1 saturated carbocycles. The minimum atomic E-state index is -5.48. The third kappa shape index (κ3) is 2.23. The summed E-state index contributed by atoms with van der Waals surface area (Å²) in [5.74, 6) is -1.59. The van der Waals surface area contributed by atoms with Crippen molar-refractivity contribution in [3.63, 3.8) is 0 Å². The second kappa shape index (κ2) is 4.22. The van der Waals surface area contributed by atoms with E-state index in [2.05, 4.69) is 0 Å². The van der Waals surface area contributed by atoms with Gasteiger partial charge in [-0.3, -0.25) is 0 Å². The maximum Gasteiger partial charge on any atom is 0.428 e. The summed E-state index contributed by atoms with van der Waals surface area (Å²) in [7, 11) is 0. The third-order valence-electron chi connectivity index (χ3n) is 2.95. The van der Waals surface area contributed by atoms with Crippen molar-refractivity contribution in [2.45, 2.75) is 50.4 Å². The van der Waals surface area contributed by atoms with Crippen LogP contribution in [0.1, 0.15) is 32.1 Å². The lowest BCUT2D eigenvalue weighted by Gasteiger charge is -2.36. The van der Waals surface area contributed by atoms with Crippen molar-refractivity contribution < 1.29 is 26.3 Å². The molecule has 0 amide bonds. The highest BCUT2D eigenvalue weighted by molar-refractivity contribution is 4.97. The summed E-state index contributed by atoms with van der Waals surface area (Å²) in [6.45, 7) is 0. The van der Waals surface area contributed by atoms with E-state index in [-0.39, 0.29) is 12.8 Å². The standard InChI is InChI=1S/C9H12F6/c10-7(11)8(12,9(13,14)15)6-4-2-1-3-5-6/h6-7H,1-5H2. The number of hydrogen-bond acceptors (Lipinski definition) is 0. The van der Waals surface area contributed by atoms with Crippen LogP contribution in [0.4, 0.5) is 26.3 Å². The van der Waals surface area contributed by atoms with Crippen molar-refractivity contribution in [1.82, 2.24) is 0 Å². The molecule has 0 saturated heterocycles. The van der Waals surface area contributed by atoms with Gasteiger partial charge in [0.2, 0.25) is 0 Å². The highest BCUT2D eigenvalue weighted by Gasteiger charge is 2.66. The maximum atomic E-state index is 13.4. The molecule has 15 heavy (non-hydrogen) atoms. The monoisotopic (exact) mass is 234 g/mol. The van der Waals surface area contributed by atoms with Crippen LogP contribution >= 0.6 is 0 Å². The first-order chi connectivity index (χ1) is 6.80. The quantitative estimate of drug-likeness (QED) is 0.631. The van der Waals surface area contributed by atoms with Crippen LogP contribution in [0.5, 0.6) is 0 Å². The summed E-state index contributed by atoms with van der Waals surface area (Å²) >= 11 is 0. The summed E-state index contributed by atoms with van der Waals surface area (Å²) in [5.41, 5.74) is -4.33. The van der Waals surface area contributed by atoms with E-state index < -0.39 is 24.2 Å². The second-order valence-corrected chi connectivity index (χ2v) is 3.90. The van der Waals surface area contributed by atoms with Crippen LogP contribution in [0.3, 0.4) is 0 Å². The molecule has 1 aliphatic carbocycles. The van der Waals surface area contributed by atoms with Gasteiger partial charge in [0.15, 0.2) is 0 Å². The van der Waals surface area contributed by atoms with E-state index in [1.165, 1.54) is 0 Å². The first kappa shape index (κ1) is 12.6. The van der Waals surface area contributed by atoms with Gasteiger partial charge in [-0.05, 0) is 12.8 Å². The summed E-state index contributed by atoms with van der Waals surface area (Å²) in [5, 5.41) is 0. The van der Waals surface area contributed by atoms with Gasteiger partial charge in [-0.15, -0.1) is 0 Å². The zero-order valence-electron chi connectivity index (χ0n) is 7.96. The Morgan fingerprint density at radius 2 is 1.33 bits per heavy atom. The van der Waals surface area contributed by atoms with Crippen LogP contribution in [0.2, 0.25) is 0 Å². The third-order valence-corrected chi connectivity index (χ3v) is 2.95. The van der Waals surface area contributed by atoms with Crippen molar-refractivity contribution in [2.24, 2.45) is 5.92 Å². The number of alkyl halides is 6. The summed E-state index contributed by atoms with van der Waals surface area (Å²) in [6, 6.07) is 0. The van der Waals surface area contributed by atoms with Crippen molar-refractivity contribution >= 4 is 0 Å². The number of rotatable bonds is 2. The van der Waals surface area contributed by atoms with Gasteiger partial charge in [0, 0.05) is 5.92 Å². The molecule has 0 radical (unpaired) electrons. The molecule has 0 N–H and O–H groups in total. The van der Waals surface area contributed by atoms with Crippen LogP contribution in [0, 0.1) is 5.92 Å². The summed E-state index contributed by atoms with van der Waals surface area (Å²) in [6.07, 6.45) is -8.24. The molecule has 90 valence electrons. The van der Waals surface area contributed by atoms with Gasteiger partial charge in [-0.25, -0.2) is 13.2 Å². The van der Waals surface area contributed by atoms with E-state index in [0.717, 1.165) is 0 Å². The lowest BCUT2D eigenvalue weighted by atomic mass is 9.77. The largest absolute Gasteiger partial charge is 0.428 e. The molecule has 0 spiro atoms. The Kier molecular flexibility index (Phi) is 3.55. The molecule has 6 heteroatoms. The minimum absolute atomic E-state index is 0.111. The molecule has 0 aromatic rings. The molecule has 0 bridgehead atoms. The van der Waals surface area contributed by atoms with Crippen LogP contribution in [0.15, 0.2) is 0 Å². The molecular formula is C9H12F6. The molecule has 1 unspecified atom stereocenters. The van der Waals surface area contributed by atoms with E-state index in [0.29, 0.717) is 19.3 Å². The van der Waals surface area contributed by atoms with E-state index in [1.54, 1.807) is 0 Å². The van der Waals surface area contributed by atoms with Crippen LogP contribution in [0.25, 0.3) is 0 Å². The molecule has 1 aliphatic rings. The molecular weight excluding hydrogens is 222 g/mol. The van der Waals surface area contributed by atoms with Gasteiger partial charge in [-0.1, -0.05) is 19.3 Å². The topological polar surface area (TPSA) is 0 Å². The van der Waals surface area contributed by atoms with Gasteiger partial charge in [0.05, 0.1) is 0 Å². The van der Waals surface area contributed by atoms with Crippen molar-refractivity contribution in [1.29, 1.82) is 0 Å². The van der Waals surface area contributed by atoms with Crippen LogP contribution in [-0.4, -0.2) is 18.3 Å². The SMILES string of the molecule is FC(F)C(F)(C1CCCCC1)C(F)(F)F. The zero-order valence-corrected chi connectivity index (χ0v) is 7.96. The van der Waals surface area contributed by atoms with E-state index in [4.69, 9.17) is 0 Å². The van der Waals surface area contributed by atoms with Gasteiger partial charge in [-0.2, -0.15) is 13.2 Å². The Morgan fingerprint density at radius 1 is 0.867 bits per heavy atom. The van der Waals surface area contributed by atoms with E-state index in [9.17, 15) is 26.3 Å². The fourth-order valence-electron chi connectivity index (χ4n) is 2.06. The van der Waals surface area contributed by atoms with Gasteiger partial charge in [0.1, 0.15) is 0 Å². The molecule has 1 rings (SSSR count). The molecule has 1 fully saturated rings. The van der Waals surface area contributed by atoms with Crippen molar-refractivity contribution in [2.75, 3.05) is 0 Å². The fourth-order valence-corrected chi connectivity index (χ4v) is 2.06. The first-order valence-corrected chi connectivity index (χ1v) is 4.84. The van der Waals surface area contributed by atoms with Gasteiger partial charge >= 0.3 is 6.18 Å². The Labute approximate surface area is 83.6 Å². The molecule has 0 aromatic carbocycles. The zero-order chi connectivity index (χ0) is 11.7. The predicted molar refractivity (Wildman–Crippen MR) is 42.5 cm³/mol. The highest BCUT2D eigenvalue weighted by Crippen LogP contribution is 2.48. The number of halogens is 6. The Hall–Kier alpha value is -0.420.